The molecule has 0 unspecified atom stereocenters. The Kier molecular flexibility index (Phi) is 5.24. The quantitative estimate of drug-likeness (QED) is 0.471. The van der Waals surface area contributed by atoms with Gasteiger partial charge in [0.1, 0.15) is 22.8 Å². The molecule has 0 N–H and O–H groups in total. The Morgan fingerprint density at radius 2 is 1.97 bits per heavy atom. The monoisotopic (exact) mass is 437 g/mol. The molecule has 0 radical (unpaired) electrons. The third kappa shape index (κ3) is 3.72. The van der Waals surface area contributed by atoms with Gasteiger partial charge in [0.05, 0.1) is 31.3 Å². The summed E-state index contributed by atoms with van der Waals surface area (Å²) in [7, 11) is 3.36. The molecule has 4 heterocycles. The summed E-state index contributed by atoms with van der Waals surface area (Å²) in [6, 6.07) is 6.30. The van der Waals surface area contributed by atoms with Crippen molar-refractivity contribution in [3.63, 3.8) is 0 Å². The van der Waals surface area contributed by atoms with Crippen LogP contribution in [0.2, 0.25) is 0 Å². The molecule has 0 bridgehead atoms. The lowest BCUT2D eigenvalue weighted by Gasteiger charge is -2.27. The smallest absolute Gasteiger partial charge is 0.193 e. The number of aromatic nitrogens is 6. The highest BCUT2D eigenvalue weighted by molar-refractivity contribution is 7.21. The van der Waals surface area contributed by atoms with Crippen LogP contribution in [0.15, 0.2) is 30.6 Å². The second kappa shape index (κ2) is 8.20. The van der Waals surface area contributed by atoms with Crippen LogP contribution in [-0.2, 0) is 19.5 Å². The average Bonchev–Trinajstić information content (AvgIpc) is 3.36. The van der Waals surface area contributed by atoms with Crippen LogP contribution in [-0.4, -0.2) is 61.7 Å². The van der Waals surface area contributed by atoms with E-state index in [4.69, 9.17) is 9.47 Å². The third-order valence-corrected chi connectivity index (χ3v) is 6.70. The molecule has 1 aromatic carbocycles. The molecule has 10 heteroatoms. The molecule has 0 saturated carbocycles. The van der Waals surface area contributed by atoms with Gasteiger partial charge in [-0.25, -0.2) is 4.98 Å². The third-order valence-electron chi connectivity index (χ3n) is 5.70. The number of thiazole rings is 1. The minimum absolute atomic E-state index is 0.314. The fourth-order valence-corrected chi connectivity index (χ4v) is 4.85. The molecule has 4 aromatic rings. The van der Waals surface area contributed by atoms with Crippen LogP contribution in [0, 0.1) is 0 Å². The van der Waals surface area contributed by atoms with Crippen molar-refractivity contribution in [3.8, 4) is 22.3 Å². The van der Waals surface area contributed by atoms with Gasteiger partial charge in [-0.15, -0.1) is 21.5 Å². The van der Waals surface area contributed by atoms with Gasteiger partial charge >= 0.3 is 0 Å². The van der Waals surface area contributed by atoms with Crippen LogP contribution in [0.3, 0.4) is 0 Å². The minimum atomic E-state index is 0.314. The van der Waals surface area contributed by atoms with E-state index >= 15 is 0 Å². The zero-order chi connectivity index (χ0) is 21.4. The molecule has 0 aliphatic carbocycles. The van der Waals surface area contributed by atoms with E-state index < -0.39 is 0 Å². The van der Waals surface area contributed by atoms with Crippen molar-refractivity contribution in [2.75, 3.05) is 20.8 Å². The van der Waals surface area contributed by atoms with E-state index in [2.05, 4.69) is 47.8 Å². The molecule has 1 atom stereocenters. The number of ether oxygens (including phenoxy) is 2. The number of nitrogens with zero attached hydrogens (tertiary/aromatic N) is 7. The van der Waals surface area contributed by atoms with Crippen LogP contribution in [0.1, 0.15) is 18.3 Å². The van der Waals surface area contributed by atoms with Crippen molar-refractivity contribution in [3.05, 3.63) is 42.0 Å². The van der Waals surface area contributed by atoms with Gasteiger partial charge in [-0.2, -0.15) is 10.2 Å². The Labute approximate surface area is 183 Å². The minimum Gasteiger partial charge on any atom is -0.497 e. The Hall–Kier alpha value is -3.11. The van der Waals surface area contributed by atoms with Gasteiger partial charge in [-0.05, 0) is 13.0 Å². The first-order valence-corrected chi connectivity index (χ1v) is 10.9. The highest BCUT2D eigenvalue weighted by Crippen LogP contribution is 2.31. The average molecular weight is 438 g/mol. The van der Waals surface area contributed by atoms with Crippen molar-refractivity contribution in [1.29, 1.82) is 0 Å². The SMILES string of the molecule is COc1ccc(CN2CCn3c(nnc3-c3nc4cnncc4s3)C[C@H]2C)c(OC)c1. The molecule has 1 aliphatic rings. The van der Waals surface area contributed by atoms with Gasteiger partial charge in [0.15, 0.2) is 10.8 Å². The van der Waals surface area contributed by atoms with E-state index in [0.717, 1.165) is 70.0 Å². The first-order chi connectivity index (χ1) is 15.2. The molecule has 160 valence electrons. The molecule has 0 fully saturated rings. The van der Waals surface area contributed by atoms with Crippen molar-refractivity contribution < 1.29 is 9.47 Å². The van der Waals surface area contributed by atoms with E-state index in [-0.39, 0.29) is 0 Å². The predicted octanol–water partition coefficient (Wildman–Crippen LogP) is 2.81. The highest BCUT2D eigenvalue weighted by Gasteiger charge is 2.26. The van der Waals surface area contributed by atoms with Crippen molar-refractivity contribution in [2.45, 2.75) is 32.5 Å². The van der Waals surface area contributed by atoms with Crippen molar-refractivity contribution in [1.82, 2.24) is 34.8 Å². The van der Waals surface area contributed by atoms with E-state index in [9.17, 15) is 0 Å². The summed E-state index contributed by atoms with van der Waals surface area (Å²) in [6.07, 6.45) is 4.24. The topological polar surface area (TPSA) is 91.1 Å². The molecule has 9 nitrogen and oxygen atoms in total. The van der Waals surface area contributed by atoms with Gasteiger partial charge in [0.25, 0.3) is 0 Å². The summed E-state index contributed by atoms with van der Waals surface area (Å²) < 4.78 is 14.1. The largest absolute Gasteiger partial charge is 0.497 e. The second-order valence-corrected chi connectivity index (χ2v) is 8.58. The summed E-state index contributed by atoms with van der Waals surface area (Å²) in [6.45, 7) is 4.70. The van der Waals surface area contributed by atoms with Gasteiger partial charge in [0, 0.05) is 43.7 Å². The fraction of sp³-hybridized carbons (Fsp3) is 0.381. The zero-order valence-electron chi connectivity index (χ0n) is 17.6. The number of methoxy groups -OCH3 is 2. The number of rotatable bonds is 5. The van der Waals surface area contributed by atoms with E-state index in [1.807, 2.05) is 12.1 Å². The molecule has 5 rings (SSSR count). The standard InChI is InChI=1S/C21H23N7O2S/c1-13-8-19-25-26-20(21-24-16-10-22-23-11-18(16)31-21)28(19)7-6-27(13)12-14-4-5-15(29-2)9-17(14)30-3/h4-5,9-11,13H,6-8,12H2,1-3H3/t13-/m1/s1. The maximum atomic E-state index is 5.60. The molecule has 1 aliphatic heterocycles. The molecule has 0 spiro atoms. The number of fused-ring (bicyclic) bond motifs is 2. The summed E-state index contributed by atoms with van der Waals surface area (Å²) >= 11 is 1.57. The van der Waals surface area contributed by atoms with Crippen LogP contribution in [0.4, 0.5) is 0 Å². The highest BCUT2D eigenvalue weighted by atomic mass is 32.1. The summed E-state index contributed by atoms with van der Waals surface area (Å²) in [5.74, 6) is 3.43. The number of hydrogen-bond donors (Lipinski definition) is 0. The lowest BCUT2D eigenvalue weighted by Crippen LogP contribution is -2.34. The molecular weight excluding hydrogens is 414 g/mol. The fourth-order valence-electron chi connectivity index (χ4n) is 3.96. The Morgan fingerprint density at radius 1 is 1.10 bits per heavy atom. The van der Waals surface area contributed by atoms with Gasteiger partial charge in [0.2, 0.25) is 0 Å². The van der Waals surface area contributed by atoms with Crippen LogP contribution >= 0.6 is 11.3 Å². The van der Waals surface area contributed by atoms with Crippen LogP contribution in [0.25, 0.3) is 21.0 Å². The summed E-state index contributed by atoms with van der Waals surface area (Å²) in [5, 5.41) is 17.7. The molecule has 0 saturated heterocycles. The Bertz CT molecular complexity index is 1190. The predicted molar refractivity (Wildman–Crippen MR) is 117 cm³/mol. The van der Waals surface area contributed by atoms with Crippen LogP contribution in [0.5, 0.6) is 11.5 Å². The number of benzene rings is 1. The molecule has 3 aromatic heterocycles. The molecule has 0 amide bonds. The van der Waals surface area contributed by atoms with Crippen molar-refractivity contribution >= 4 is 21.6 Å². The van der Waals surface area contributed by atoms with Gasteiger partial charge in [-0.3, -0.25) is 4.90 Å². The number of hydrogen-bond acceptors (Lipinski definition) is 9. The maximum absolute atomic E-state index is 5.60. The van der Waals surface area contributed by atoms with E-state index in [0.29, 0.717) is 6.04 Å². The Morgan fingerprint density at radius 3 is 2.77 bits per heavy atom. The molecule has 31 heavy (non-hydrogen) atoms. The first kappa shape index (κ1) is 19.8. The zero-order valence-corrected chi connectivity index (χ0v) is 18.5. The molecular formula is C21H23N7O2S. The van der Waals surface area contributed by atoms with Crippen molar-refractivity contribution in [2.24, 2.45) is 0 Å². The Balaban J connectivity index is 1.40. The lowest BCUT2D eigenvalue weighted by molar-refractivity contribution is 0.200. The first-order valence-electron chi connectivity index (χ1n) is 10.1. The maximum Gasteiger partial charge on any atom is 0.193 e. The van der Waals surface area contributed by atoms with Crippen LogP contribution < -0.4 is 9.47 Å². The van der Waals surface area contributed by atoms with Gasteiger partial charge < -0.3 is 14.0 Å². The lowest BCUT2D eigenvalue weighted by atomic mass is 10.1. The summed E-state index contributed by atoms with van der Waals surface area (Å²) in [4.78, 5) is 7.14. The van der Waals surface area contributed by atoms with E-state index in [1.165, 1.54) is 0 Å². The summed E-state index contributed by atoms with van der Waals surface area (Å²) in [5.41, 5.74) is 1.97. The van der Waals surface area contributed by atoms with Gasteiger partial charge in [-0.1, -0.05) is 6.07 Å². The second-order valence-electron chi connectivity index (χ2n) is 7.55. The normalized spacial score (nSPS) is 16.8. The van der Waals surface area contributed by atoms with E-state index in [1.54, 1.807) is 38.0 Å².